The van der Waals surface area contributed by atoms with E-state index in [1.54, 1.807) is 0 Å². The Hall–Kier alpha value is -0.900. The summed E-state index contributed by atoms with van der Waals surface area (Å²) in [6.45, 7) is 7.23. The zero-order chi connectivity index (χ0) is 11.8. The predicted octanol–water partition coefficient (Wildman–Crippen LogP) is 0.771. The molecule has 90 valence electrons. The average molecular weight is 224 g/mol. The molecular weight excluding hydrogens is 204 g/mol. The van der Waals surface area contributed by atoms with Gasteiger partial charge in [0.25, 0.3) is 0 Å². The number of nitrogens with zero attached hydrogens (tertiary/aromatic N) is 1. The van der Waals surface area contributed by atoms with Crippen molar-refractivity contribution < 1.29 is 9.59 Å². The van der Waals surface area contributed by atoms with Gasteiger partial charge in [0.2, 0.25) is 11.8 Å². The molecule has 4 nitrogen and oxygen atoms in total. The van der Waals surface area contributed by atoms with Gasteiger partial charge in [-0.3, -0.25) is 14.9 Å². The van der Waals surface area contributed by atoms with E-state index < -0.39 is 0 Å². The Kier molecular flexibility index (Phi) is 3.02. The Bertz CT molecular complexity index is 314. The maximum atomic E-state index is 11.9. The number of piperidine rings is 1. The lowest BCUT2D eigenvalue weighted by Gasteiger charge is -2.31. The topological polar surface area (TPSA) is 49.4 Å². The standard InChI is InChI=1S/C12H20N2O2/c1-9(2)7-14-6-5-12(8-14)4-3-10(15)13-11(12)16/h9H,3-8H2,1-2H3,(H,13,15,16). The molecule has 0 saturated carbocycles. The van der Waals surface area contributed by atoms with Crippen molar-refractivity contribution in [3.63, 3.8) is 0 Å². The SMILES string of the molecule is CC(C)CN1CCC2(CCC(=O)NC2=O)C1. The summed E-state index contributed by atoms with van der Waals surface area (Å²) in [6.07, 6.45) is 2.13. The minimum atomic E-state index is -0.275. The molecule has 2 aliphatic rings. The lowest BCUT2D eigenvalue weighted by molar-refractivity contribution is -0.141. The van der Waals surface area contributed by atoms with Crippen LogP contribution in [0.1, 0.15) is 33.1 Å². The van der Waals surface area contributed by atoms with Crippen molar-refractivity contribution in [2.75, 3.05) is 19.6 Å². The lowest BCUT2D eigenvalue weighted by Crippen LogP contribution is -2.50. The first-order chi connectivity index (χ1) is 7.52. The van der Waals surface area contributed by atoms with E-state index in [1.165, 1.54) is 0 Å². The number of hydrogen-bond acceptors (Lipinski definition) is 3. The van der Waals surface area contributed by atoms with E-state index in [1.807, 2.05) is 0 Å². The molecule has 0 aliphatic carbocycles. The van der Waals surface area contributed by atoms with Crippen molar-refractivity contribution in [3.8, 4) is 0 Å². The molecule has 0 aromatic carbocycles. The van der Waals surface area contributed by atoms with Crippen LogP contribution in [-0.4, -0.2) is 36.3 Å². The van der Waals surface area contributed by atoms with Crippen LogP contribution in [0.25, 0.3) is 0 Å². The van der Waals surface area contributed by atoms with Gasteiger partial charge in [0.05, 0.1) is 5.41 Å². The molecule has 1 spiro atoms. The first-order valence-electron chi connectivity index (χ1n) is 6.08. The van der Waals surface area contributed by atoms with E-state index in [-0.39, 0.29) is 17.2 Å². The molecule has 0 radical (unpaired) electrons. The Balaban J connectivity index is 2.00. The molecule has 4 heteroatoms. The van der Waals surface area contributed by atoms with Gasteiger partial charge >= 0.3 is 0 Å². The fourth-order valence-electron chi connectivity index (χ4n) is 2.81. The molecule has 1 atom stereocenters. The molecule has 2 fully saturated rings. The molecule has 16 heavy (non-hydrogen) atoms. The number of amides is 2. The van der Waals surface area contributed by atoms with E-state index in [0.717, 1.165) is 32.5 Å². The van der Waals surface area contributed by atoms with Crippen LogP contribution in [0, 0.1) is 11.3 Å². The minimum absolute atomic E-state index is 0.0463. The third kappa shape index (κ3) is 2.12. The third-order valence-corrected chi connectivity index (χ3v) is 3.62. The number of rotatable bonds is 2. The highest BCUT2D eigenvalue weighted by molar-refractivity contribution is 6.00. The molecular formula is C12H20N2O2. The van der Waals surface area contributed by atoms with Gasteiger partial charge in [0, 0.05) is 19.5 Å². The number of carbonyl (C=O) groups excluding carboxylic acids is 2. The first-order valence-corrected chi connectivity index (χ1v) is 6.08. The van der Waals surface area contributed by atoms with Gasteiger partial charge in [0.15, 0.2) is 0 Å². The van der Waals surface area contributed by atoms with Crippen molar-refractivity contribution in [1.29, 1.82) is 0 Å². The smallest absolute Gasteiger partial charge is 0.234 e. The molecule has 1 unspecified atom stereocenters. The summed E-state index contributed by atoms with van der Waals surface area (Å²) in [6, 6.07) is 0. The maximum Gasteiger partial charge on any atom is 0.234 e. The fraction of sp³-hybridized carbons (Fsp3) is 0.833. The van der Waals surface area contributed by atoms with Gasteiger partial charge in [-0.2, -0.15) is 0 Å². The van der Waals surface area contributed by atoms with Gasteiger partial charge < -0.3 is 4.90 Å². The average Bonchev–Trinajstić information content (AvgIpc) is 2.57. The van der Waals surface area contributed by atoms with Gasteiger partial charge in [0.1, 0.15) is 0 Å². The van der Waals surface area contributed by atoms with Crippen LogP contribution >= 0.6 is 0 Å². The second-order valence-corrected chi connectivity index (χ2v) is 5.54. The molecule has 1 N–H and O–H groups in total. The van der Waals surface area contributed by atoms with Crippen molar-refractivity contribution in [2.24, 2.45) is 11.3 Å². The van der Waals surface area contributed by atoms with Gasteiger partial charge in [-0.05, 0) is 25.3 Å². The van der Waals surface area contributed by atoms with Crippen molar-refractivity contribution in [1.82, 2.24) is 10.2 Å². The second-order valence-electron chi connectivity index (χ2n) is 5.54. The minimum Gasteiger partial charge on any atom is -0.302 e. The summed E-state index contributed by atoms with van der Waals surface area (Å²) < 4.78 is 0. The molecule has 2 heterocycles. The van der Waals surface area contributed by atoms with Crippen LogP contribution in [0.3, 0.4) is 0 Å². The lowest BCUT2D eigenvalue weighted by atomic mass is 9.79. The zero-order valence-electron chi connectivity index (χ0n) is 10.1. The summed E-state index contributed by atoms with van der Waals surface area (Å²) in [5.74, 6) is 0.469. The molecule has 2 aliphatic heterocycles. The highest BCUT2D eigenvalue weighted by Crippen LogP contribution is 2.37. The first kappa shape index (κ1) is 11.6. The molecule has 0 aromatic heterocycles. The van der Waals surface area contributed by atoms with Crippen LogP contribution in [0.5, 0.6) is 0 Å². The number of likely N-dealkylation sites (tertiary alicyclic amines) is 1. The number of hydrogen-bond donors (Lipinski definition) is 1. The van der Waals surface area contributed by atoms with Gasteiger partial charge in [-0.25, -0.2) is 0 Å². The molecule has 0 bridgehead atoms. The fourth-order valence-corrected chi connectivity index (χ4v) is 2.81. The molecule has 0 aromatic rings. The van der Waals surface area contributed by atoms with E-state index in [9.17, 15) is 9.59 Å². The highest BCUT2D eigenvalue weighted by Gasteiger charge is 2.47. The quantitative estimate of drug-likeness (QED) is 0.705. The second kappa shape index (κ2) is 4.17. The summed E-state index contributed by atoms with van der Waals surface area (Å²) in [5, 5.41) is 2.48. The summed E-state index contributed by atoms with van der Waals surface area (Å²) in [5.41, 5.74) is -0.275. The van der Waals surface area contributed by atoms with Crippen LogP contribution in [0.15, 0.2) is 0 Å². The molecule has 2 saturated heterocycles. The number of carbonyl (C=O) groups is 2. The van der Waals surface area contributed by atoms with Gasteiger partial charge in [-0.1, -0.05) is 13.8 Å². The highest BCUT2D eigenvalue weighted by atomic mass is 16.2. The zero-order valence-corrected chi connectivity index (χ0v) is 10.1. The Morgan fingerprint density at radius 3 is 2.75 bits per heavy atom. The Labute approximate surface area is 96.4 Å². The third-order valence-electron chi connectivity index (χ3n) is 3.62. The predicted molar refractivity (Wildman–Crippen MR) is 60.7 cm³/mol. The summed E-state index contributed by atoms with van der Waals surface area (Å²) >= 11 is 0. The van der Waals surface area contributed by atoms with E-state index in [0.29, 0.717) is 12.3 Å². The van der Waals surface area contributed by atoms with Crippen LogP contribution in [-0.2, 0) is 9.59 Å². The largest absolute Gasteiger partial charge is 0.302 e. The molecule has 2 rings (SSSR count). The van der Waals surface area contributed by atoms with Crippen LogP contribution < -0.4 is 5.32 Å². The maximum absolute atomic E-state index is 11.9. The van der Waals surface area contributed by atoms with Crippen LogP contribution in [0.2, 0.25) is 0 Å². The van der Waals surface area contributed by atoms with E-state index in [4.69, 9.17) is 0 Å². The van der Waals surface area contributed by atoms with E-state index in [2.05, 4.69) is 24.1 Å². The number of nitrogens with one attached hydrogen (secondary N) is 1. The van der Waals surface area contributed by atoms with Crippen molar-refractivity contribution >= 4 is 11.8 Å². The van der Waals surface area contributed by atoms with Crippen molar-refractivity contribution in [2.45, 2.75) is 33.1 Å². The molecule has 2 amide bonds. The van der Waals surface area contributed by atoms with Crippen LogP contribution in [0.4, 0.5) is 0 Å². The Morgan fingerprint density at radius 2 is 2.12 bits per heavy atom. The van der Waals surface area contributed by atoms with E-state index >= 15 is 0 Å². The summed E-state index contributed by atoms with van der Waals surface area (Å²) in [4.78, 5) is 25.4. The van der Waals surface area contributed by atoms with Gasteiger partial charge in [-0.15, -0.1) is 0 Å². The normalized spacial score (nSPS) is 31.4. The monoisotopic (exact) mass is 224 g/mol. The Morgan fingerprint density at radius 1 is 1.38 bits per heavy atom. The summed E-state index contributed by atoms with van der Waals surface area (Å²) in [7, 11) is 0. The number of imide groups is 1. The van der Waals surface area contributed by atoms with Crippen molar-refractivity contribution in [3.05, 3.63) is 0 Å².